The maximum absolute atomic E-state index is 12.1. The lowest BCUT2D eigenvalue weighted by atomic mass is 9.82. The van der Waals surface area contributed by atoms with Crippen molar-refractivity contribution in [1.29, 1.82) is 0 Å². The lowest BCUT2D eigenvalue weighted by molar-refractivity contribution is -0.118. The van der Waals surface area contributed by atoms with Crippen molar-refractivity contribution in [3.63, 3.8) is 0 Å². The molecular formula is C14H24N2O. The van der Waals surface area contributed by atoms with E-state index in [0.29, 0.717) is 12.0 Å². The van der Waals surface area contributed by atoms with Gasteiger partial charge in [-0.15, -0.1) is 0 Å². The van der Waals surface area contributed by atoms with E-state index in [-0.39, 0.29) is 5.91 Å². The molecule has 2 atom stereocenters. The van der Waals surface area contributed by atoms with E-state index in [0.717, 1.165) is 25.1 Å². The molecule has 1 saturated heterocycles. The molecule has 2 unspecified atom stereocenters. The number of nitrogens with one attached hydrogen (secondary N) is 2. The molecule has 96 valence electrons. The number of hydrogen-bond donors (Lipinski definition) is 2. The zero-order valence-electron chi connectivity index (χ0n) is 11.0. The molecular weight excluding hydrogens is 212 g/mol. The van der Waals surface area contributed by atoms with Gasteiger partial charge in [0.1, 0.15) is 0 Å². The quantitative estimate of drug-likeness (QED) is 0.736. The maximum Gasteiger partial charge on any atom is 0.247 e. The van der Waals surface area contributed by atoms with Gasteiger partial charge in [0.15, 0.2) is 0 Å². The molecule has 2 N–H and O–H groups in total. The van der Waals surface area contributed by atoms with E-state index in [4.69, 9.17) is 0 Å². The molecule has 0 aromatic heterocycles. The van der Waals surface area contributed by atoms with Crippen LogP contribution < -0.4 is 10.6 Å². The highest BCUT2D eigenvalue weighted by Gasteiger charge is 2.26. The molecule has 1 aliphatic heterocycles. The zero-order chi connectivity index (χ0) is 12.3. The second kappa shape index (κ2) is 5.67. The normalized spacial score (nSPS) is 28.5. The summed E-state index contributed by atoms with van der Waals surface area (Å²) >= 11 is 0. The molecule has 1 heterocycles. The Labute approximate surface area is 104 Å². The fourth-order valence-electron chi connectivity index (χ4n) is 2.84. The van der Waals surface area contributed by atoms with Gasteiger partial charge < -0.3 is 10.6 Å². The van der Waals surface area contributed by atoms with E-state index in [1.54, 1.807) is 0 Å². The number of hydrogen-bond acceptors (Lipinski definition) is 2. The van der Waals surface area contributed by atoms with Crippen molar-refractivity contribution in [2.75, 3.05) is 13.1 Å². The van der Waals surface area contributed by atoms with E-state index in [1.165, 1.54) is 31.3 Å². The minimum Gasteiger partial charge on any atom is -0.349 e. The maximum atomic E-state index is 12.1. The monoisotopic (exact) mass is 236 g/mol. The van der Waals surface area contributed by atoms with E-state index in [9.17, 15) is 4.79 Å². The number of carbonyl (C=O) groups excluding carboxylic acids is 1. The fraction of sp³-hybridized carbons (Fsp3) is 0.786. The van der Waals surface area contributed by atoms with Gasteiger partial charge in [-0.2, -0.15) is 0 Å². The van der Waals surface area contributed by atoms with Crippen LogP contribution in [0.1, 0.15) is 46.0 Å². The zero-order valence-corrected chi connectivity index (χ0v) is 11.0. The molecule has 3 heteroatoms. The average molecular weight is 236 g/mol. The Morgan fingerprint density at radius 2 is 2.06 bits per heavy atom. The third-order valence-electron chi connectivity index (χ3n) is 4.30. The molecule has 1 saturated carbocycles. The molecule has 1 aliphatic carbocycles. The van der Waals surface area contributed by atoms with Gasteiger partial charge in [0.2, 0.25) is 5.91 Å². The highest BCUT2D eigenvalue weighted by atomic mass is 16.1. The molecule has 17 heavy (non-hydrogen) atoms. The summed E-state index contributed by atoms with van der Waals surface area (Å²) in [5.41, 5.74) is 2.20. The largest absolute Gasteiger partial charge is 0.349 e. The van der Waals surface area contributed by atoms with Crippen molar-refractivity contribution in [2.24, 2.45) is 5.92 Å². The molecule has 1 amide bonds. The van der Waals surface area contributed by atoms with Gasteiger partial charge in [0, 0.05) is 24.7 Å². The summed E-state index contributed by atoms with van der Waals surface area (Å²) in [5.74, 6) is 0.844. The highest BCUT2D eigenvalue weighted by molar-refractivity contribution is 5.94. The summed E-state index contributed by atoms with van der Waals surface area (Å²) < 4.78 is 0. The van der Waals surface area contributed by atoms with Crippen LogP contribution in [-0.2, 0) is 4.79 Å². The molecule has 0 aromatic carbocycles. The summed E-state index contributed by atoms with van der Waals surface area (Å²) in [6.45, 7) is 5.97. The first kappa shape index (κ1) is 12.6. The van der Waals surface area contributed by atoms with Crippen molar-refractivity contribution >= 4 is 5.91 Å². The Balaban J connectivity index is 1.92. The molecule has 2 rings (SSSR count). The second-order valence-corrected chi connectivity index (χ2v) is 5.36. The van der Waals surface area contributed by atoms with Crippen molar-refractivity contribution in [3.05, 3.63) is 11.1 Å². The summed E-state index contributed by atoms with van der Waals surface area (Å²) in [6, 6.07) is 0.407. The van der Waals surface area contributed by atoms with Crippen molar-refractivity contribution < 1.29 is 4.79 Å². The van der Waals surface area contributed by atoms with Crippen molar-refractivity contribution in [2.45, 2.75) is 52.0 Å². The van der Waals surface area contributed by atoms with E-state index in [1.807, 2.05) is 6.92 Å². The van der Waals surface area contributed by atoms with Gasteiger partial charge >= 0.3 is 0 Å². The summed E-state index contributed by atoms with van der Waals surface area (Å²) in [5, 5.41) is 6.43. The minimum absolute atomic E-state index is 0.159. The first-order chi connectivity index (χ1) is 8.22. The predicted molar refractivity (Wildman–Crippen MR) is 69.7 cm³/mol. The van der Waals surface area contributed by atoms with Gasteiger partial charge in [-0.25, -0.2) is 0 Å². The van der Waals surface area contributed by atoms with Crippen LogP contribution in [0.3, 0.4) is 0 Å². The van der Waals surface area contributed by atoms with Gasteiger partial charge in [-0.3, -0.25) is 4.79 Å². The van der Waals surface area contributed by atoms with E-state index < -0.39 is 0 Å². The fourth-order valence-corrected chi connectivity index (χ4v) is 2.84. The van der Waals surface area contributed by atoms with Crippen molar-refractivity contribution in [1.82, 2.24) is 10.6 Å². The molecule has 2 fully saturated rings. The third kappa shape index (κ3) is 2.89. The first-order valence-electron chi connectivity index (χ1n) is 6.92. The van der Waals surface area contributed by atoms with Crippen LogP contribution in [-0.4, -0.2) is 25.0 Å². The lowest BCUT2D eigenvalue weighted by Gasteiger charge is -2.32. The van der Waals surface area contributed by atoms with Crippen LogP contribution in [0.2, 0.25) is 0 Å². The van der Waals surface area contributed by atoms with Gasteiger partial charge in [-0.1, -0.05) is 26.2 Å². The standard InChI is InChI=1S/C14H24N2O/c1-3-11-6-4-5-7-13(11)16-14(17)10(2)12-8-15-9-12/h11,13,15H,3-9H2,1-2H3,(H,16,17). The Hall–Kier alpha value is -0.830. The molecule has 0 spiro atoms. The van der Waals surface area contributed by atoms with E-state index in [2.05, 4.69) is 17.6 Å². The first-order valence-corrected chi connectivity index (χ1v) is 6.92. The molecule has 3 nitrogen and oxygen atoms in total. The Kier molecular flexibility index (Phi) is 4.21. The summed E-state index contributed by atoms with van der Waals surface area (Å²) in [6.07, 6.45) is 6.21. The minimum atomic E-state index is 0.159. The van der Waals surface area contributed by atoms with Crippen LogP contribution in [0.4, 0.5) is 0 Å². The predicted octanol–water partition coefficient (Wildman–Crippen LogP) is 1.99. The van der Waals surface area contributed by atoms with Crippen LogP contribution in [0, 0.1) is 5.92 Å². The third-order valence-corrected chi connectivity index (χ3v) is 4.30. The Morgan fingerprint density at radius 1 is 1.35 bits per heavy atom. The number of carbonyl (C=O) groups is 1. The van der Waals surface area contributed by atoms with Crippen LogP contribution >= 0.6 is 0 Å². The molecule has 2 aliphatic rings. The SMILES string of the molecule is CCC1CCCCC1NC(=O)C(C)=C1CNC1. The van der Waals surface area contributed by atoms with Gasteiger partial charge in [0.25, 0.3) is 0 Å². The summed E-state index contributed by atoms with van der Waals surface area (Å²) in [7, 11) is 0. The van der Waals surface area contributed by atoms with E-state index >= 15 is 0 Å². The smallest absolute Gasteiger partial charge is 0.247 e. The number of rotatable bonds is 3. The molecule has 0 radical (unpaired) electrons. The van der Waals surface area contributed by atoms with Crippen molar-refractivity contribution in [3.8, 4) is 0 Å². The lowest BCUT2D eigenvalue weighted by Crippen LogP contribution is -2.44. The summed E-state index contributed by atoms with van der Waals surface area (Å²) in [4.78, 5) is 12.1. The highest BCUT2D eigenvalue weighted by Crippen LogP contribution is 2.27. The van der Waals surface area contributed by atoms with Gasteiger partial charge in [-0.05, 0) is 31.3 Å². The Morgan fingerprint density at radius 3 is 2.65 bits per heavy atom. The number of amides is 1. The topological polar surface area (TPSA) is 41.1 Å². The molecule has 0 bridgehead atoms. The van der Waals surface area contributed by atoms with Crippen LogP contribution in [0.25, 0.3) is 0 Å². The van der Waals surface area contributed by atoms with Crippen LogP contribution in [0.5, 0.6) is 0 Å². The molecule has 0 aromatic rings. The second-order valence-electron chi connectivity index (χ2n) is 5.36. The Bertz CT molecular complexity index is 316. The van der Waals surface area contributed by atoms with Crippen LogP contribution in [0.15, 0.2) is 11.1 Å². The average Bonchev–Trinajstić information content (AvgIpc) is 2.27. The van der Waals surface area contributed by atoms with Gasteiger partial charge in [0.05, 0.1) is 0 Å².